The topological polar surface area (TPSA) is 69.7 Å². The highest BCUT2D eigenvalue weighted by molar-refractivity contribution is 7.89. The van der Waals surface area contributed by atoms with Gasteiger partial charge in [-0.1, -0.05) is 36.4 Å². The Kier molecular flexibility index (Phi) is 5.94. The van der Waals surface area contributed by atoms with Crippen LogP contribution in [0.4, 0.5) is 0 Å². The van der Waals surface area contributed by atoms with Crippen molar-refractivity contribution in [1.29, 1.82) is 0 Å². The van der Waals surface area contributed by atoms with E-state index >= 15 is 0 Å². The van der Waals surface area contributed by atoms with Crippen molar-refractivity contribution in [2.45, 2.75) is 17.9 Å². The van der Waals surface area contributed by atoms with Gasteiger partial charge in [-0.15, -0.1) is 6.58 Å². The molecule has 1 aliphatic rings. The van der Waals surface area contributed by atoms with E-state index in [9.17, 15) is 13.2 Å². The molecule has 1 atom stereocenters. The van der Waals surface area contributed by atoms with E-state index in [1.54, 1.807) is 18.2 Å². The van der Waals surface area contributed by atoms with Crippen molar-refractivity contribution in [2.24, 2.45) is 0 Å². The number of sulfonamides is 1. The monoisotopic (exact) mass is 387 g/mol. The minimum Gasteiger partial charge on any atom is -0.351 e. The number of benzene rings is 2. The molecule has 1 N–H and O–H groups in total. The molecule has 1 heterocycles. The summed E-state index contributed by atoms with van der Waals surface area (Å²) in [6.45, 7) is 7.64. The van der Waals surface area contributed by atoms with Crippen LogP contribution in [0.2, 0.25) is 0 Å². The number of nitrogens with one attached hydrogen (secondary N) is 1. The van der Waals surface area contributed by atoms with Crippen molar-refractivity contribution in [1.82, 2.24) is 14.5 Å². The third kappa shape index (κ3) is 4.21. The Morgan fingerprint density at radius 2 is 1.81 bits per heavy atom. The number of hydrogen-bond donors (Lipinski definition) is 1. The van der Waals surface area contributed by atoms with Gasteiger partial charge >= 0.3 is 0 Å². The molecule has 1 fully saturated rings. The maximum atomic E-state index is 13.0. The predicted molar refractivity (Wildman–Crippen MR) is 107 cm³/mol. The molecule has 0 saturated carbocycles. The lowest BCUT2D eigenvalue weighted by Crippen LogP contribution is -2.54. The molecule has 6 nitrogen and oxygen atoms in total. The van der Waals surface area contributed by atoms with Crippen molar-refractivity contribution < 1.29 is 13.2 Å². The molecular formula is C20H25N3O3S. The summed E-state index contributed by atoms with van der Waals surface area (Å²) in [5.41, 5.74) is 0. The first-order chi connectivity index (χ1) is 12.9. The summed E-state index contributed by atoms with van der Waals surface area (Å²) in [6, 6.07) is 12.6. The van der Waals surface area contributed by atoms with Crippen LogP contribution in [0.15, 0.2) is 60.0 Å². The summed E-state index contributed by atoms with van der Waals surface area (Å²) in [7, 11) is -3.54. The third-order valence-electron chi connectivity index (χ3n) is 4.98. The lowest BCUT2D eigenvalue weighted by molar-refractivity contribution is -0.126. The molecule has 0 bridgehead atoms. The second-order valence-corrected chi connectivity index (χ2v) is 8.60. The summed E-state index contributed by atoms with van der Waals surface area (Å²) in [5.74, 6) is -0.0688. The van der Waals surface area contributed by atoms with Gasteiger partial charge in [0.05, 0.1) is 10.9 Å². The van der Waals surface area contributed by atoms with E-state index in [1.165, 1.54) is 4.31 Å². The number of carbonyl (C=O) groups is 1. The minimum absolute atomic E-state index is 0.0688. The molecule has 27 heavy (non-hydrogen) atoms. The lowest BCUT2D eigenvalue weighted by atomic mass is 10.1. The van der Waals surface area contributed by atoms with Gasteiger partial charge in [-0.25, -0.2) is 8.42 Å². The Hall–Kier alpha value is -2.22. The Balaban J connectivity index is 1.68. The Morgan fingerprint density at radius 3 is 2.48 bits per heavy atom. The second kappa shape index (κ2) is 8.21. The predicted octanol–water partition coefficient (Wildman–Crippen LogP) is 1.84. The number of fused-ring (bicyclic) bond motifs is 1. The zero-order valence-electron chi connectivity index (χ0n) is 15.5. The number of nitrogens with zero attached hydrogens (tertiary/aromatic N) is 2. The maximum absolute atomic E-state index is 13.0. The minimum atomic E-state index is -3.54. The third-order valence-corrected chi connectivity index (χ3v) is 6.87. The van der Waals surface area contributed by atoms with E-state index in [2.05, 4.69) is 11.9 Å². The van der Waals surface area contributed by atoms with Crippen LogP contribution in [0.25, 0.3) is 10.8 Å². The molecule has 144 valence electrons. The van der Waals surface area contributed by atoms with E-state index in [-0.39, 0.29) is 11.9 Å². The molecular weight excluding hydrogens is 362 g/mol. The average molecular weight is 388 g/mol. The largest absolute Gasteiger partial charge is 0.351 e. The summed E-state index contributed by atoms with van der Waals surface area (Å²) >= 11 is 0. The lowest BCUT2D eigenvalue weighted by Gasteiger charge is -2.36. The smallest absolute Gasteiger partial charge is 0.243 e. The number of carbonyl (C=O) groups excluding carboxylic acids is 1. The maximum Gasteiger partial charge on any atom is 0.243 e. The van der Waals surface area contributed by atoms with Crippen LogP contribution in [0.5, 0.6) is 0 Å². The van der Waals surface area contributed by atoms with Crippen molar-refractivity contribution in [2.75, 3.05) is 32.7 Å². The molecule has 0 spiro atoms. The highest BCUT2D eigenvalue weighted by Crippen LogP contribution is 2.23. The SMILES string of the molecule is C=CCNC(=O)[C@@H](C)N1CCN(S(=O)(=O)c2ccc3ccccc3c2)CC1. The number of piperazine rings is 1. The van der Waals surface area contributed by atoms with Crippen molar-refractivity contribution >= 4 is 26.7 Å². The summed E-state index contributed by atoms with van der Waals surface area (Å²) in [4.78, 5) is 14.4. The molecule has 3 rings (SSSR count). The Labute approximate surface area is 160 Å². The normalized spacial score (nSPS) is 17.5. The standard InChI is InChI=1S/C20H25N3O3S/c1-3-10-21-20(24)16(2)22-11-13-23(14-12-22)27(25,26)19-9-8-17-6-4-5-7-18(17)15-19/h3-9,15-16H,1,10-14H2,2H3,(H,21,24)/t16-/m1/s1. The molecule has 0 aromatic heterocycles. The van der Waals surface area contributed by atoms with E-state index in [4.69, 9.17) is 0 Å². The Bertz CT molecular complexity index is 934. The van der Waals surface area contributed by atoms with Gasteiger partial charge in [0.15, 0.2) is 0 Å². The van der Waals surface area contributed by atoms with Crippen molar-refractivity contribution in [3.8, 4) is 0 Å². The van der Waals surface area contributed by atoms with E-state index in [1.807, 2.05) is 42.2 Å². The molecule has 2 aromatic rings. The van der Waals surface area contributed by atoms with E-state index in [0.29, 0.717) is 37.6 Å². The van der Waals surface area contributed by atoms with Crippen molar-refractivity contribution in [3.05, 3.63) is 55.1 Å². The highest BCUT2D eigenvalue weighted by Gasteiger charge is 2.31. The molecule has 0 aliphatic carbocycles. The van der Waals surface area contributed by atoms with Crippen LogP contribution in [-0.4, -0.2) is 62.3 Å². The molecule has 1 aliphatic heterocycles. The fourth-order valence-corrected chi connectivity index (χ4v) is 4.75. The zero-order valence-corrected chi connectivity index (χ0v) is 16.3. The molecule has 1 amide bonds. The van der Waals surface area contributed by atoms with Gasteiger partial charge in [-0.3, -0.25) is 9.69 Å². The number of amides is 1. The van der Waals surface area contributed by atoms with Crippen molar-refractivity contribution in [3.63, 3.8) is 0 Å². The van der Waals surface area contributed by atoms with Gasteiger partial charge in [-0.05, 0) is 29.8 Å². The van der Waals surface area contributed by atoms with Gasteiger partial charge in [0.2, 0.25) is 15.9 Å². The molecule has 2 aromatic carbocycles. The number of rotatable bonds is 6. The average Bonchev–Trinajstić information content (AvgIpc) is 2.71. The van der Waals surface area contributed by atoms with Crippen LogP contribution in [0.3, 0.4) is 0 Å². The Morgan fingerprint density at radius 1 is 1.15 bits per heavy atom. The summed E-state index contributed by atoms with van der Waals surface area (Å²) < 4.78 is 27.5. The fourth-order valence-electron chi connectivity index (χ4n) is 3.29. The quantitative estimate of drug-likeness (QED) is 0.768. The van der Waals surface area contributed by atoms with Crippen LogP contribution in [0.1, 0.15) is 6.92 Å². The van der Waals surface area contributed by atoms with Crippen LogP contribution >= 0.6 is 0 Å². The van der Waals surface area contributed by atoms with Crippen LogP contribution < -0.4 is 5.32 Å². The summed E-state index contributed by atoms with van der Waals surface area (Å²) in [6.07, 6.45) is 1.64. The van der Waals surface area contributed by atoms with Crippen LogP contribution in [0, 0.1) is 0 Å². The second-order valence-electron chi connectivity index (χ2n) is 6.66. The zero-order chi connectivity index (χ0) is 19.4. The first-order valence-electron chi connectivity index (χ1n) is 9.05. The molecule has 0 radical (unpaired) electrons. The van der Waals surface area contributed by atoms with E-state index < -0.39 is 10.0 Å². The molecule has 1 saturated heterocycles. The first-order valence-corrected chi connectivity index (χ1v) is 10.5. The van der Waals surface area contributed by atoms with Gasteiger partial charge in [0.25, 0.3) is 0 Å². The summed E-state index contributed by atoms with van der Waals surface area (Å²) in [5, 5.41) is 4.70. The molecule has 7 heteroatoms. The van der Waals surface area contributed by atoms with Gasteiger partial charge in [-0.2, -0.15) is 4.31 Å². The van der Waals surface area contributed by atoms with Gasteiger partial charge < -0.3 is 5.32 Å². The first kappa shape index (κ1) is 19.5. The van der Waals surface area contributed by atoms with Gasteiger partial charge in [0, 0.05) is 32.7 Å². The van der Waals surface area contributed by atoms with E-state index in [0.717, 1.165) is 10.8 Å². The number of hydrogen-bond acceptors (Lipinski definition) is 4. The fraction of sp³-hybridized carbons (Fsp3) is 0.350. The highest BCUT2D eigenvalue weighted by atomic mass is 32.2. The van der Waals surface area contributed by atoms with Gasteiger partial charge in [0.1, 0.15) is 0 Å². The van der Waals surface area contributed by atoms with Crippen LogP contribution in [-0.2, 0) is 14.8 Å². The molecule has 0 unspecified atom stereocenters.